The van der Waals surface area contributed by atoms with E-state index in [9.17, 15) is 13.6 Å². The average Bonchev–Trinajstić information content (AvgIpc) is 2.55. The molecule has 0 aliphatic heterocycles. The Balaban J connectivity index is 2.35. The topological polar surface area (TPSA) is 33.2 Å². The Bertz CT molecular complexity index is 694. The van der Waals surface area contributed by atoms with Gasteiger partial charge in [-0.3, -0.25) is 9.78 Å². The third-order valence-corrected chi connectivity index (χ3v) is 4.04. The maximum atomic E-state index is 13.5. The van der Waals surface area contributed by atoms with Crippen molar-refractivity contribution in [2.45, 2.75) is 32.9 Å². The highest BCUT2D eigenvalue weighted by molar-refractivity contribution is 6.33. The summed E-state index contributed by atoms with van der Waals surface area (Å²) in [5.74, 6) is -2.60. The zero-order valence-corrected chi connectivity index (χ0v) is 13.6. The Labute approximate surface area is 138 Å². The van der Waals surface area contributed by atoms with E-state index in [1.165, 1.54) is 0 Å². The van der Waals surface area contributed by atoms with Crippen LogP contribution in [-0.4, -0.2) is 21.8 Å². The molecule has 3 nitrogen and oxygen atoms in total. The molecule has 0 bridgehead atoms. The van der Waals surface area contributed by atoms with E-state index >= 15 is 0 Å². The Morgan fingerprint density at radius 3 is 2.48 bits per heavy atom. The van der Waals surface area contributed by atoms with Crippen LogP contribution < -0.4 is 0 Å². The van der Waals surface area contributed by atoms with Gasteiger partial charge >= 0.3 is 0 Å². The maximum Gasteiger partial charge on any atom is 0.256 e. The van der Waals surface area contributed by atoms with Crippen molar-refractivity contribution >= 4 is 17.5 Å². The molecule has 2 aromatic rings. The van der Waals surface area contributed by atoms with E-state index in [0.29, 0.717) is 6.54 Å². The number of rotatable bonds is 5. The lowest BCUT2D eigenvalue weighted by Gasteiger charge is -2.29. The van der Waals surface area contributed by atoms with Crippen LogP contribution in [0.4, 0.5) is 8.78 Å². The van der Waals surface area contributed by atoms with Crippen molar-refractivity contribution in [3.63, 3.8) is 0 Å². The molecule has 0 aliphatic rings. The van der Waals surface area contributed by atoms with Crippen LogP contribution in [0.1, 0.15) is 36.2 Å². The smallest absolute Gasteiger partial charge is 0.256 e. The Morgan fingerprint density at radius 1 is 1.26 bits per heavy atom. The third-order valence-electron chi connectivity index (χ3n) is 3.73. The van der Waals surface area contributed by atoms with Crippen LogP contribution >= 0.6 is 11.6 Å². The predicted molar refractivity (Wildman–Crippen MR) is 85.2 cm³/mol. The van der Waals surface area contributed by atoms with E-state index in [-0.39, 0.29) is 16.6 Å². The number of aromatic nitrogens is 1. The van der Waals surface area contributed by atoms with Gasteiger partial charge in [0.25, 0.3) is 5.91 Å². The minimum absolute atomic E-state index is 0.0417. The first-order valence-electron chi connectivity index (χ1n) is 7.28. The van der Waals surface area contributed by atoms with Gasteiger partial charge in [0, 0.05) is 25.0 Å². The highest BCUT2D eigenvalue weighted by Gasteiger charge is 2.24. The molecule has 122 valence electrons. The van der Waals surface area contributed by atoms with Crippen molar-refractivity contribution in [1.29, 1.82) is 0 Å². The fraction of sp³-hybridized carbons (Fsp3) is 0.294. The molecule has 2 rings (SSSR count). The summed E-state index contributed by atoms with van der Waals surface area (Å²) in [6, 6.07) is 5.19. The number of hydrogen-bond acceptors (Lipinski definition) is 2. The Kier molecular flexibility index (Phi) is 5.66. The van der Waals surface area contributed by atoms with Gasteiger partial charge in [-0.2, -0.15) is 0 Å². The molecule has 0 spiro atoms. The minimum atomic E-state index is -1.09. The fourth-order valence-corrected chi connectivity index (χ4v) is 2.41. The monoisotopic (exact) mass is 338 g/mol. The lowest BCUT2D eigenvalue weighted by atomic mass is 10.1. The summed E-state index contributed by atoms with van der Waals surface area (Å²) in [7, 11) is 0. The molecule has 6 heteroatoms. The lowest BCUT2D eigenvalue weighted by Crippen LogP contribution is -2.38. The highest BCUT2D eigenvalue weighted by atomic mass is 35.5. The molecular formula is C17H17ClF2N2O. The van der Waals surface area contributed by atoms with Crippen LogP contribution in [0.2, 0.25) is 5.02 Å². The van der Waals surface area contributed by atoms with Gasteiger partial charge in [-0.25, -0.2) is 8.78 Å². The predicted octanol–water partition coefficient (Wildman–Crippen LogP) is 4.45. The molecule has 0 fully saturated rings. The summed E-state index contributed by atoms with van der Waals surface area (Å²) < 4.78 is 26.7. The van der Waals surface area contributed by atoms with E-state index in [1.807, 2.05) is 13.8 Å². The summed E-state index contributed by atoms with van der Waals surface area (Å²) >= 11 is 5.93. The normalized spacial score (nSPS) is 12.0. The van der Waals surface area contributed by atoms with E-state index in [1.54, 1.807) is 29.4 Å². The van der Waals surface area contributed by atoms with E-state index in [2.05, 4.69) is 4.98 Å². The molecule has 23 heavy (non-hydrogen) atoms. The third kappa shape index (κ3) is 4.05. The van der Waals surface area contributed by atoms with Crippen LogP contribution in [0.25, 0.3) is 0 Å². The molecule has 0 unspecified atom stereocenters. The van der Waals surface area contributed by atoms with Gasteiger partial charge in [0.2, 0.25) is 0 Å². The van der Waals surface area contributed by atoms with Crippen molar-refractivity contribution in [3.8, 4) is 0 Å². The van der Waals surface area contributed by atoms with Crippen molar-refractivity contribution in [2.24, 2.45) is 0 Å². The molecule has 0 aliphatic carbocycles. The molecule has 1 amide bonds. The molecule has 0 N–H and O–H groups in total. The van der Waals surface area contributed by atoms with Gasteiger partial charge in [-0.1, -0.05) is 18.5 Å². The molecular weight excluding hydrogens is 322 g/mol. The number of hydrogen-bond donors (Lipinski definition) is 0. The van der Waals surface area contributed by atoms with Crippen LogP contribution in [-0.2, 0) is 6.54 Å². The Hall–Kier alpha value is -2.01. The second kappa shape index (κ2) is 7.51. The second-order valence-electron chi connectivity index (χ2n) is 5.29. The molecule has 0 saturated heterocycles. The molecule has 0 radical (unpaired) electrons. The molecule has 1 aromatic heterocycles. The van der Waals surface area contributed by atoms with Crippen LogP contribution in [0.15, 0.2) is 36.7 Å². The minimum Gasteiger partial charge on any atom is -0.332 e. The molecule has 1 heterocycles. The van der Waals surface area contributed by atoms with Crippen molar-refractivity contribution in [1.82, 2.24) is 9.88 Å². The van der Waals surface area contributed by atoms with Gasteiger partial charge in [0.15, 0.2) is 11.6 Å². The fourth-order valence-electron chi connectivity index (χ4n) is 2.17. The molecule has 1 aromatic carbocycles. The number of halogens is 3. The number of amides is 1. The van der Waals surface area contributed by atoms with Gasteiger partial charge in [0.1, 0.15) is 0 Å². The highest BCUT2D eigenvalue weighted by Crippen LogP contribution is 2.24. The summed E-state index contributed by atoms with van der Waals surface area (Å²) in [5.41, 5.74) is 0.854. The van der Waals surface area contributed by atoms with E-state index in [0.717, 1.165) is 24.1 Å². The van der Waals surface area contributed by atoms with Crippen LogP contribution in [0.5, 0.6) is 0 Å². The van der Waals surface area contributed by atoms with E-state index < -0.39 is 17.5 Å². The quantitative estimate of drug-likeness (QED) is 0.754. The molecule has 0 saturated carbocycles. The first-order valence-corrected chi connectivity index (χ1v) is 7.66. The number of benzene rings is 1. The first-order chi connectivity index (χ1) is 10.9. The van der Waals surface area contributed by atoms with Gasteiger partial charge < -0.3 is 4.90 Å². The van der Waals surface area contributed by atoms with Crippen LogP contribution in [0.3, 0.4) is 0 Å². The van der Waals surface area contributed by atoms with Gasteiger partial charge in [-0.05, 0) is 43.2 Å². The summed E-state index contributed by atoms with van der Waals surface area (Å²) in [4.78, 5) is 18.3. The first kappa shape index (κ1) is 17.3. The lowest BCUT2D eigenvalue weighted by molar-refractivity contribution is 0.0671. The SMILES string of the molecule is CC[C@@H](C)N(Cc1ccncc1)C(=O)c1cc(F)c(F)cc1Cl. The Morgan fingerprint density at radius 2 is 1.87 bits per heavy atom. The van der Waals surface area contributed by atoms with Crippen molar-refractivity contribution < 1.29 is 13.6 Å². The number of carbonyl (C=O) groups excluding carboxylic acids is 1. The zero-order chi connectivity index (χ0) is 17.0. The standard InChI is InChI=1S/C17H17ClF2N2O/c1-3-11(2)22(10-12-4-6-21-7-5-12)17(23)13-8-15(19)16(20)9-14(13)18/h4-9,11H,3,10H2,1-2H3/t11-/m1/s1. The van der Waals surface area contributed by atoms with Crippen molar-refractivity contribution in [2.75, 3.05) is 0 Å². The number of carbonyl (C=O) groups is 1. The van der Waals surface area contributed by atoms with Crippen LogP contribution in [0, 0.1) is 11.6 Å². The summed E-state index contributed by atoms with van der Waals surface area (Å²) in [6.45, 7) is 4.18. The van der Waals surface area contributed by atoms with Crippen molar-refractivity contribution in [3.05, 3.63) is 64.4 Å². The second-order valence-corrected chi connectivity index (χ2v) is 5.70. The summed E-state index contributed by atoms with van der Waals surface area (Å²) in [5, 5.41) is -0.100. The van der Waals surface area contributed by atoms with Gasteiger partial charge in [-0.15, -0.1) is 0 Å². The average molecular weight is 339 g/mol. The number of nitrogens with zero attached hydrogens (tertiary/aromatic N) is 2. The summed E-state index contributed by atoms with van der Waals surface area (Å²) in [6.07, 6.45) is 4.00. The maximum absolute atomic E-state index is 13.5. The number of pyridine rings is 1. The zero-order valence-electron chi connectivity index (χ0n) is 12.9. The molecule has 1 atom stereocenters. The van der Waals surface area contributed by atoms with E-state index in [4.69, 9.17) is 11.6 Å². The van der Waals surface area contributed by atoms with Gasteiger partial charge in [0.05, 0.1) is 10.6 Å². The largest absolute Gasteiger partial charge is 0.332 e.